The van der Waals surface area contributed by atoms with Crippen LogP contribution < -0.4 is 5.69 Å². The van der Waals surface area contributed by atoms with E-state index in [0.29, 0.717) is 5.92 Å². The summed E-state index contributed by atoms with van der Waals surface area (Å²) in [6.07, 6.45) is 1.18. The van der Waals surface area contributed by atoms with Crippen molar-refractivity contribution >= 4 is 11.0 Å². The second-order valence-corrected chi connectivity index (χ2v) is 5.48. The summed E-state index contributed by atoms with van der Waals surface area (Å²) in [5, 5.41) is 0. The van der Waals surface area contributed by atoms with Crippen LogP contribution >= 0.6 is 0 Å². The number of nitrogens with zero attached hydrogens (tertiary/aromatic N) is 2. The first-order valence-electron chi connectivity index (χ1n) is 6.51. The van der Waals surface area contributed by atoms with Crippen LogP contribution in [-0.2, 0) is 6.54 Å². The summed E-state index contributed by atoms with van der Waals surface area (Å²) < 4.78 is 1.89. The Morgan fingerprint density at radius 1 is 1.44 bits per heavy atom. The van der Waals surface area contributed by atoms with Gasteiger partial charge in [0.25, 0.3) is 0 Å². The zero-order valence-electron chi connectivity index (χ0n) is 10.9. The largest absolute Gasteiger partial charge is 0.326 e. The van der Waals surface area contributed by atoms with Gasteiger partial charge in [0, 0.05) is 13.1 Å². The first-order valence-corrected chi connectivity index (χ1v) is 6.51. The Balaban J connectivity index is 1.96. The molecule has 0 saturated carbocycles. The highest BCUT2D eigenvalue weighted by Gasteiger charge is 2.21. The smallest absolute Gasteiger partial charge is 0.306 e. The van der Waals surface area contributed by atoms with Crippen molar-refractivity contribution in [1.29, 1.82) is 0 Å². The number of benzene rings is 1. The molecular weight excluding hydrogens is 226 g/mol. The second-order valence-electron chi connectivity index (χ2n) is 5.48. The molecule has 1 aliphatic rings. The lowest BCUT2D eigenvalue weighted by Gasteiger charge is -2.11. The highest BCUT2D eigenvalue weighted by Crippen LogP contribution is 2.19. The Kier molecular flexibility index (Phi) is 2.74. The number of rotatable bonds is 2. The molecule has 1 fully saturated rings. The van der Waals surface area contributed by atoms with E-state index in [1.165, 1.54) is 12.0 Å². The van der Waals surface area contributed by atoms with Gasteiger partial charge in [0.05, 0.1) is 11.0 Å². The Morgan fingerprint density at radius 3 is 3.00 bits per heavy atom. The van der Waals surface area contributed by atoms with E-state index in [9.17, 15) is 4.79 Å². The normalized spacial score (nSPS) is 20.9. The van der Waals surface area contributed by atoms with E-state index in [1.807, 2.05) is 23.6 Å². The van der Waals surface area contributed by atoms with E-state index in [4.69, 9.17) is 0 Å². The molecule has 1 aliphatic heterocycles. The van der Waals surface area contributed by atoms with Gasteiger partial charge in [-0.05, 0) is 50.6 Å². The lowest BCUT2D eigenvalue weighted by molar-refractivity contribution is 0.378. The molecule has 1 saturated heterocycles. The van der Waals surface area contributed by atoms with E-state index in [0.717, 1.165) is 30.7 Å². The zero-order chi connectivity index (χ0) is 12.7. The highest BCUT2D eigenvalue weighted by molar-refractivity contribution is 5.75. The summed E-state index contributed by atoms with van der Waals surface area (Å²) in [7, 11) is 2.14. The Labute approximate surface area is 106 Å². The summed E-state index contributed by atoms with van der Waals surface area (Å²) in [4.78, 5) is 17.3. The molecule has 4 nitrogen and oxygen atoms in total. The monoisotopic (exact) mass is 245 g/mol. The summed E-state index contributed by atoms with van der Waals surface area (Å²) in [6.45, 7) is 5.10. The number of nitrogens with one attached hydrogen (secondary N) is 1. The minimum Gasteiger partial charge on any atom is -0.306 e. The number of hydrogen-bond donors (Lipinski definition) is 1. The number of fused-ring (bicyclic) bond motifs is 1. The number of aromatic amines is 1. The van der Waals surface area contributed by atoms with Crippen LogP contribution in [0.2, 0.25) is 0 Å². The fraction of sp³-hybridized carbons (Fsp3) is 0.500. The lowest BCUT2D eigenvalue weighted by Crippen LogP contribution is -2.23. The lowest BCUT2D eigenvalue weighted by atomic mass is 10.1. The van der Waals surface area contributed by atoms with Gasteiger partial charge >= 0.3 is 5.69 Å². The SMILES string of the molecule is Cc1ccc2c(c1)[nH]c(=O)n2CC1CCN(C)C1. The highest BCUT2D eigenvalue weighted by atomic mass is 16.1. The molecule has 2 heterocycles. The quantitative estimate of drug-likeness (QED) is 0.873. The molecule has 0 amide bonds. The van der Waals surface area contributed by atoms with Crippen molar-refractivity contribution in [1.82, 2.24) is 14.5 Å². The van der Waals surface area contributed by atoms with Crippen LogP contribution in [0.4, 0.5) is 0 Å². The number of aryl methyl sites for hydroxylation is 1. The fourth-order valence-corrected chi connectivity index (χ4v) is 2.89. The van der Waals surface area contributed by atoms with Gasteiger partial charge in [-0.1, -0.05) is 6.07 Å². The molecule has 0 radical (unpaired) electrons. The summed E-state index contributed by atoms with van der Waals surface area (Å²) in [5.74, 6) is 0.591. The van der Waals surface area contributed by atoms with Crippen LogP contribution in [0.5, 0.6) is 0 Å². The molecule has 0 bridgehead atoms. The molecule has 0 aliphatic carbocycles. The first kappa shape index (κ1) is 11.5. The van der Waals surface area contributed by atoms with Gasteiger partial charge in [0.1, 0.15) is 0 Å². The van der Waals surface area contributed by atoms with Crippen LogP contribution in [0.1, 0.15) is 12.0 Å². The van der Waals surface area contributed by atoms with Gasteiger partial charge < -0.3 is 9.88 Å². The van der Waals surface area contributed by atoms with Crippen molar-refractivity contribution in [3.63, 3.8) is 0 Å². The summed E-state index contributed by atoms with van der Waals surface area (Å²) in [6, 6.07) is 6.14. The van der Waals surface area contributed by atoms with Crippen LogP contribution in [0.15, 0.2) is 23.0 Å². The Morgan fingerprint density at radius 2 is 2.28 bits per heavy atom. The van der Waals surface area contributed by atoms with E-state index in [-0.39, 0.29) is 5.69 Å². The molecule has 3 rings (SSSR count). The molecule has 1 aromatic heterocycles. The van der Waals surface area contributed by atoms with Crippen LogP contribution in [-0.4, -0.2) is 34.6 Å². The van der Waals surface area contributed by atoms with Gasteiger partial charge in [-0.2, -0.15) is 0 Å². The standard InChI is InChI=1S/C14H19N3O/c1-10-3-4-13-12(7-10)15-14(18)17(13)9-11-5-6-16(2)8-11/h3-4,7,11H,5-6,8-9H2,1-2H3,(H,15,18). The van der Waals surface area contributed by atoms with Crippen molar-refractivity contribution in [2.75, 3.05) is 20.1 Å². The number of imidazole rings is 1. The van der Waals surface area contributed by atoms with Gasteiger partial charge in [-0.15, -0.1) is 0 Å². The van der Waals surface area contributed by atoms with E-state index < -0.39 is 0 Å². The Hall–Kier alpha value is -1.55. The maximum atomic E-state index is 12.0. The van der Waals surface area contributed by atoms with Gasteiger partial charge in [-0.3, -0.25) is 4.57 Å². The maximum Gasteiger partial charge on any atom is 0.326 e. The Bertz CT molecular complexity index is 625. The number of likely N-dealkylation sites (tertiary alicyclic amines) is 1. The van der Waals surface area contributed by atoms with Crippen molar-refractivity contribution in [3.8, 4) is 0 Å². The van der Waals surface area contributed by atoms with Crippen molar-refractivity contribution in [2.45, 2.75) is 19.9 Å². The molecule has 4 heteroatoms. The van der Waals surface area contributed by atoms with Gasteiger partial charge in [0.15, 0.2) is 0 Å². The van der Waals surface area contributed by atoms with Gasteiger partial charge in [-0.25, -0.2) is 4.79 Å². The third-order valence-corrected chi connectivity index (χ3v) is 3.86. The molecule has 2 aromatic rings. The predicted octanol–water partition coefficient (Wildman–Crippen LogP) is 1.59. The molecule has 1 N–H and O–H groups in total. The zero-order valence-corrected chi connectivity index (χ0v) is 10.9. The topological polar surface area (TPSA) is 41.0 Å². The van der Waals surface area contributed by atoms with Gasteiger partial charge in [0.2, 0.25) is 0 Å². The molecule has 96 valence electrons. The third kappa shape index (κ3) is 1.97. The van der Waals surface area contributed by atoms with Crippen molar-refractivity contribution in [2.24, 2.45) is 5.92 Å². The second kappa shape index (κ2) is 4.28. The average molecular weight is 245 g/mol. The molecule has 0 spiro atoms. The maximum absolute atomic E-state index is 12.0. The average Bonchev–Trinajstić information content (AvgIpc) is 2.84. The fourth-order valence-electron chi connectivity index (χ4n) is 2.89. The minimum absolute atomic E-state index is 0.0187. The third-order valence-electron chi connectivity index (χ3n) is 3.86. The number of aromatic nitrogens is 2. The van der Waals surface area contributed by atoms with Crippen molar-refractivity contribution in [3.05, 3.63) is 34.2 Å². The number of H-pyrrole nitrogens is 1. The molecule has 18 heavy (non-hydrogen) atoms. The predicted molar refractivity (Wildman–Crippen MR) is 72.9 cm³/mol. The summed E-state index contributed by atoms with van der Waals surface area (Å²) >= 11 is 0. The van der Waals surface area contributed by atoms with Crippen LogP contribution in [0, 0.1) is 12.8 Å². The molecular formula is C14H19N3O. The molecule has 1 unspecified atom stereocenters. The summed E-state index contributed by atoms with van der Waals surface area (Å²) in [5.41, 5.74) is 3.17. The van der Waals surface area contributed by atoms with Crippen molar-refractivity contribution < 1.29 is 0 Å². The molecule has 1 aromatic carbocycles. The first-order chi connectivity index (χ1) is 8.63. The van der Waals surface area contributed by atoms with E-state index in [2.05, 4.69) is 23.0 Å². The minimum atomic E-state index is 0.0187. The van der Waals surface area contributed by atoms with Crippen LogP contribution in [0.3, 0.4) is 0 Å². The van der Waals surface area contributed by atoms with E-state index in [1.54, 1.807) is 0 Å². The number of hydrogen-bond acceptors (Lipinski definition) is 2. The molecule has 1 atom stereocenters. The van der Waals surface area contributed by atoms with E-state index >= 15 is 0 Å². The van der Waals surface area contributed by atoms with Crippen LogP contribution in [0.25, 0.3) is 11.0 Å².